The number of hydrogen-bond acceptors (Lipinski definition) is 4. The van der Waals surface area contributed by atoms with Crippen LogP contribution in [0.5, 0.6) is 5.75 Å². The predicted molar refractivity (Wildman–Crippen MR) is 77.6 cm³/mol. The highest BCUT2D eigenvalue weighted by atomic mass is 16.5. The maximum Gasteiger partial charge on any atom is 0.257 e. The molecule has 5 heteroatoms. The number of hydrogen-bond donors (Lipinski definition) is 2. The summed E-state index contributed by atoms with van der Waals surface area (Å²) < 4.78 is 5.37. The predicted octanol–water partition coefficient (Wildman–Crippen LogP) is 1.60. The van der Waals surface area contributed by atoms with Gasteiger partial charge in [0.25, 0.3) is 5.91 Å². The van der Waals surface area contributed by atoms with E-state index in [4.69, 9.17) is 10.00 Å². The number of nitriles is 1. The van der Waals surface area contributed by atoms with Gasteiger partial charge < -0.3 is 15.2 Å². The van der Waals surface area contributed by atoms with Crippen molar-refractivity contribution < 1.29 is 14.6 Å². The molecule has 0 aromatic heterocycles. The van der Waals surface area contributed by atoms with Crippen LogP contribution in [0, 0.1) is 17.2 Å². The summed E-state index contributed by atoms with van der Waals surface area (Å²) in [5.74, 6) is 0.551. The monoisotopic (exact) mass is 288 g/mol. The minimum Gasteiger partial charge on any atom is -0.482 e. The molecule has 0 spiro atoms. The smallest absolute Gasteiger partial charge is 0.257 e. The van der Waals surface area contributed by atoms with Gasteiger partial charge in [-0.25, -0.2) is 0 Å². The summed E-state index contributed by atoms with van der Waals surface area (Å²) in [6.07, 6.45) is 3.42. The Hall–Kier alpha value is -2.06. The first kappa shape index (κ1) is 15.3. The third-order valence-corrected chi connectivity index (χ3v) is 3.71. The molecule has 1 aromatic carbocycles. The molecule has 1 fully saturated rings. The Morgan fingerprint density at radius 2 is 2.24 bits per heavy atom. The largest absolute Gasteiger partial charge is 0.482 e. The van der Waals surface area contributed by atoms with Gasteiger partial charge >= 0.3 is 0 Å². The highest BCUT2D eigenvalue weighted by Gasteiger charge is 2.20. The SMILES string of the molecule is N#Cc1ccccc1OCC(=O)NCC1CCCC(O)C1. The van der Waals surface area contributed by atoms with Crippen molar-refractivity contribution in [2.75, 3.05) is 13.2 Å². The molecule has 2 unspecified atom stereocenters. The van der Waals surface area contributed by atoms with Crippen LogP contribution in [0.15, 0.2) is 24.3 Å². The zero-order valence-corrected chi connectivity index (χ0v) is 11.9. The second-order valence-corrected chi connectivity index (χ2v) is 5.39. The fraction of sp³-hybridized carbons (Fsp3) is 0.500. The van der Waals surface area contributed by atoms with Crippen LogP contribution in [0.2, 0.25) is 0 Å². The first-order valence-corrected chi connectivity index (χ1v) is 7.25. The van der Waals surface area contributed by atoms with Gasteiger partial charge in [-0.3, -0.25) is 4.79 Å². The first-order chi connectivity index (χ1) is 10.2. The third kappa shape index (κ3) is 4.76. The van der Waals surface area contributed by atoms with Gasteiger partial charge in [-0.1, -0.05) is 18.6 Å². The molecule has 21 heavy (non-hydrogen) atoms. The van der Waals surface area contributed by atoms with E-state index in [0.29, 0.717) is 23.8 Å². The van der Waals surface area contributed by atoms with Crippen molar-refractivity contribution in [3.63, 3.8) is 0 Å². The molecule has 1 aromatic rings. The van der Waals surface area contributed by atoms with E-state index in [-0.39, 0.29) is 18.6 Å². The first-order valence-electron chi connectivity index (χ1n) is 7.25. The Balaban J connectivity index is 1.74. The number of nitrogens with one attached hydrogen (secondary N) is 1. The van der Waals surface area contributed by atoms with Gasteiger partial charge in [-0.2, -0.15) is 5.26 Å². The Morgan fingerprint density at radius 1 is 1.43 bits per heavy atom. The Bertz CT molecular complexity index is 524. The zero-order chi connectivity index (χ0) is 15.1. The molecule has 0 saturated heterocycles. The molecule has 1 aliphatic carbocycles. The lowest BCUT2D eigenvalue weighted by Crippen LogP contribution is -2.35. The number of aliphatic hydroxyl groups excluding tert-OH is 1. The van der Waals surface area contributed by atoms with E-state index >= 15 is 0 Å². The minimum absolute atomic E-state index is 0.103. The molecule has 1 aliphatic rings. The van der Waals surface area contributed by atoms with Gasteiger partial charge in [0.15, 0.2) is 6.61 Å². The third-order valence-electron chi connectivity index (χ3n) is 3.71. The van der Waals surface area contributed by atoms with Crippen molar-refractivity contribution in [1.82, 2.24) is 5.32 Å². The summed E-state index contributed by atoms with van der Waals surface area (Å²) >= 11 is 0. The Morgan fingerprint density at radius 3 is 3.00 bits per heavy atom. The van der Waals surface area contributed by atoms with Crippen LogP contribution in [0.4, 0.5) is 0 Å². The molecule has 1 saturated carbocycles. The molecule has 0 heterocycles. The summed E-state index contributed by atoms with van der Waals surface area (Å²) in [5, 5.41) is 21.3. The number of benzene rings is 1. The van der Waals surface area contributed by atoms with E-state index in [1.807, 2.05) is 6.07 Å². The van der Waals surface area contributed by atoms with Gasteiger partial charge in [-0.15, -0.1) is 0 Å². The molecule has 2 N–H and O–H groups in total. The molecule has 5 nitrogen and oxygen atoms in total. The van der Waals surface area contributed by atoms with Gasteiger partial charge in [0, 0.05) is 6.54 Å². The van der Waals surface area contributed by atoms with Crippen LogP contribution < -0.4 is 10.1 Å². The van der Waals surface area contributed by atoms with Crippen molar-refractivity contribution in [3.05, 3.63) is 29.8 Å². The van der Waals surface area contributed by atoms with E-state index in [9.17, 15) is 9.90 Å². The van der Waals surface area contributed by atoms with Gasteiger partial charge in [-0.05, 0) is 37.3 Å². The second kappa shape index (κ2) is 7.65. The maximum absolute atomic E-state index is 11.8. The van der Waals surface area contributed by atoms with E-state index in [1.54, 1.807) is 24.3 Å². The quantitative estimate of drug-likeness (QED) is 0.862. The summed E-state index contributed by atoms with van der Waals surface area (Å²) in [7, 11) is 0. The number of carbonyl (C=O) groups excluding carboxylic acids is 1. The molecule has 1 amide bonds. The van der Waals surface area contributed by atoms with Gasteiger partial charge in [0.2, 0.25) is 0 Å². The van der Waals surface area contributed by atoms with Crippen LogP contribution >= 0.6 is 0 Å². The summed E-state index contributed by atoms with van der Waals surface area (Å²) in [5.41, 5.74) is 0.417. The van der Waals surface area contributed by atoms with Crippen molar-refractivity contribution in [2.45, 2.75) is 31.8 Å². The average Bonchev–Trinajstić information content (AvgIpc) is 2.51. The summed E-state index contributed by atoms with van der Waals surface area (Å²) in [6.45, 7) is 0.465. The topological polar surface area (TPSA) is 82.3 Å². The van der Waals surface area contributed by atoms with E-state index in [0.717, 1.165) is 25.7 Å². The number of amides is 1. The number of ether oxygens (including phenoxy) is 1. The molecule has 0 aliphatic heterocycles. The van der Waals surface area contributed by atoms with Crippen molar-refractivity contribution in [1.29, 1.82) is 5.26 Å². The highest BCUT2D eigenvalue weighted by Crippen LogP contribution is 2.23. The van der Waals surface area contributed by atoms with Crippen molar-refractivity contribution in [2.24, 2.45) is 5.92 Å². The van der Waals surface area contributed by atoms with E-state index in [1.165, 1.54) is 0 Å². The molecular formula is C16H20N2O3. The molecule has 0 radical (unpaired) electrons. The zero-order valence-electron chi connectivity index (χ0n) is 11.9. The molecule has 0 bridgehead atoms. The minimum atomic E-state index is -0.237. The van der Waals surface area contributed by atoms with Crippen LogP contribution in [-0.4, -0.2) is 30.3 Å². The molecule has 2 atom stereocenters. The maximum atomic E-state index is 11.8. The number of aliphatic hydroxyl groups is 1. The molecule has 2 rings (SSSR count). The molecular weight excluding hydrogens is 268 g/mol. The fourth-order valence-corrected chi connectivity index (χ4v) is 2.59. The normalized spacial score (nSPS) is 21.3. The lowest BCUT2D eigenvalue weighted by atomic mass is 9.87. The van der Waals surface area contributed by atoms with E-state index in [2.05, 4.69) is 5.32 Å². The van der Waals surface area contributed by atoms with Crippen LogP contribution in [0.3, 0.4) is 0 Å². The van der Waals surface area contributed by atoms with Gasteiger partial charge in [0.05, 0.1) is 11.7 Å². The summed E-state index contributed by atoms with van der Waals surface area (Å²) in [4.78, 5) is 11.8. The Kier molecular flexibility index (Phi) is 5.59. The van der Waals surface area contributed by atoms with Crippen LogP contribution in [0.1, 0.15) is 31.2 Å². The van der Waals surface area contributed by atoms with Gasteiger partial charge in [0.1, 0.15) is 11.8 Å². The van der Waals surface area contributed by atoms with Crippen molar-refractivity contribution in [3.8, 4) is 11.8 Å². The van der Waals surface area contributed by atoms with Crippen LogP contribution in [-0.2, 0) is 4.79 Å². The standard InChI is InChI=1S/C16H20N2O3/c17-9-13-5-1-2-7-15(13)21-11-16(20)18-10-12-4-3-6-14(19)8-12/h1-2,5,7,12,14,19H,3-4,6,8,10-11H2,(H,18,20). The average molecular weight is 288 g/mol. The number of nitrogens with zero attached hydrogens (tertiary/aromatic N) is 1. The lowest BCUT2D eigenvalue weighted by molar-refractivity contribution is -0.123. The summed E-state index contributed by atoms with van der Waals surface area (Å²) in [6, 6.07) is 8.85. The number of carbonyl (C=O) groups is 1. The lowest BCUT2D eigenvalue weighted by Gasteiger charge is -2.25. The Labute approximate surface area is 124 Å². The number of para-hydroxylation sites is 1. The fourth-order valence-electron chi connectivity index (χ4n) is 2.59. The second-order valence-electron chi connectivity index (χ2n) is 5.39. The van der Waals surface area contributed by atoms with Crippen LogP contribution in [0.25, 0.3) is 0 Å². The van der Waals surface area contributed by atoms with Crippen molar-refractivity contribution >= 4 is 5.91 Å². The highest BCUT2D eigenvalue weighted by molar-refractivity contribution is 5.77. The van der Waals surface area contributed by atoms with E-state index < -0.39 is 0 Å². The molecule has 112 valence electrons. The number of rotatable bonds is 5.